The van der Waals surface area contributed by atoms with E-state index in [0.29, 0.717) is 13.2 Å². The maximum Gasteiger partial charge on any atom is 0.310 e. The summed E-state index contributed by atoms with van der Waals surface area (Å²) >= 11 is 0. The number of hydrogen-bond donors (Lipinski definition) is 0. The van der Waals surface area contributed by atoms with Crippen molar-refractivity contribution < 1.29 is 19.1 Å². The first kappa shape index (κ1) is 20.0. The summed E-state index contributed by atoms with van der Waals surface area (Å²) in [7, 11) is 0. The molecule has 1 fully saturated rings. The molecule has 0 saturated heterocycles. The van der Waals surface area contributed by atoms with Crippen LogP contribution in [0.2, 0.25) is 0 Å². The first-order valence-electron chi connectivity index (χ1n) is 9.41. The molecule has 4 atom stereocenters. The first-order valence-corrected chi connectivity index (χ1v) is 9.41. The van der Waals surface area contributed by atoms with E-state index >= 15 is 0 Å². The molecule has 0 amide bonds. The molecule has 2 aliphatic carbocycles. The van der Waals surface area contributed by atoms with Gasteiger partial charge in [0.05, 0.1) is 25.0 Å². The van der Waals surface area contributed by atoms with E-state index < -0.39 is 11.8 Å². The van der Waals surface area contributed by atoms with Crippen molar-refractivity contribution in [2.75, 3.05) is 13.2 Å². The van der Waals surface area contributed by atoms with Gasteiger partial charge in [-0.3, -0.25) is 9.59 Å². The second-order valence-electron chi connectivity index (χ2n) is 10.2. The van der Waals surface area contributed by atoms with Crippen LogP contribution < -0.4 is 0 Å². The van der Waals surface area contributed by atoms with Gasteiger partial charge in [0.15, 0.2) is 0 Å². The summed E-state index contributed by atoms with van der Waals surface area (Å²) in [4.78, 5) is 25.7. The molecule has 2 bridgehead atoms. The van der Waals surface area contributed by atoms with Crippen LogP contribution in [0.4, 0.5) is 0 Å². The van der Waals surface area contributed by atoms with Crippen molar-refractivity contribution in [3.05, 3.63) is 12.2 Å². The molecule has 142 valence electrons. The van der Waals surface area contributed by atoms with Gasteiger partial charge >= 0.3 is 11.9 Å². The molecule has 4 unspecified atom stereocenters. The Labute approximate surface area is 152 Å². The zero-order valence-corrected chi connectivity index (χ0v) is 16.8. The fourth-order valence-corrected chi connectivity index (χ4v) is 3.91. The largest absolute Gasteiger partial charge is 0.465 e. The molecule has 4 nitrogen and oxygen atoms in total. The second-order valence-corrected chi connectivity index (χ2v) is 10.2. The second kappa shape index (κ2) is 6.77. The van der Waals surface area contributed by atoms with Crippen molar-refractivity contribution in [3.63, 3.8) is 0 Å². The molecule has 2 rings (SSSR count). The summed E-state index contributed by atoms with van der Waals surface area (Å²) in [6.07, 6.45) is 5.90. The van der Waals surface area contributed by atoms with E-state index in [9.17, 15) is 9.59 Å². The smallest absolute Gasteiger partial charge is 0.310 e. The van der Waals surface area contributed by atoms with Crippen LogP contribution >= 0.6 is 0 Å². The molecule has 0 aromatic carbocycles. The summed E-state index contributed by atoms with van der Waals surface area (Å²) in [5.74, 6) is -1.26. The molecule has 0 radical (unpaired) electrons. The van der Waals surface area contributed by atoms with Gasteiger partial charge in [0, 0.05) is 5.41 Å². The van der Waals surface area contributed by atoms with E-state index in [-0.39, 0.29) is 34.1 Å². The Kier molecular flexibility index (Phi) is 5.42. The van der Waals surface area contributed by atoms with Crippen LogP contribution in [0, 0.1) is 34.0 Å². The van der Waals surface area contributed by atoms with Crippen molar-refractivity contribution in [3.8, 4) is 0 Å². The predicted molar refractivity (Wildman–Crippen MR) is 97.8 cm³/mol. The van der Waals surface area contributed by atoms with Gasteiger partial charge in [0.25, 0.3) is 0 Å². The van der Waals surface area contributed by atoms with Crippen molar-refractivity contribution in [1.29, 1.82) is 0 Å². The molecule has 0 N–H and O–H groups in total. The third kappa shape index (κ3) is 4.45. The number of hydrogen-bond acceptors (Lipinski definition) is 4. The van der Waals surface area contributed by atoms with E-state index in [1.807, 2.05) is 41.5 Å². The summed E-state index contributed by atoms with van der Waals surface area (Å²) in [6.45, 7) is 15.0. The summed E-state index contributed by atoms with van der Waals surface area (Å²) in [5.41, 5.74) is -0.441. The summed E-state index contributed by atoms with van der Waals surface area (Å²) in [6, 6.07) is 0. The third-order valence-corrected chi connectivity index (χ3v) is 5.21. The van der Waals surface area contributed by atoms with Gasteiger partial charge in [-0.2, -0.15) is 0 Å². The average molecular weight is 350 g/mol. The van der Waals surface area contributed by atoms with Gasteiger partial charge in [0.1, 0.15) is 0 Å². The molecule has 0 aliphatic heterocycles. The van der Waals surface area contributed by atoms with E-state index in [1.165, 1.54) is 0 Å². The van der Waals surface area contributed by atoms with Gasteiger partial charge in [-0.25, -0.2) is 0 Å². The van der Waals surface area contributed by atoms with Gasteiger partial charge in [-0.15, -0.1) is 0 Å². The highest BCUT2D eigenvalue weighted by atomic mass is 16.5. The van der Waals surface area contributed by atoms with Crippen LogP contribution in [0.15, 0.2) is 12.2 Å². The molecule has 2 aliphatic rings. The Morgan fingerprint density at radius 1 is 1.00 bits per heavy atom. The van der Waals surface area contributed by atoms with Gasteiger partial charge in [-0.1, -0.05) is 60.6 Å². The number of fused-ring (bicyclic) bond motifs is 2. The molecular weight excluding hydrogens is 316 g/mol. The van der Waals surface area contributed by atoms with E-state index in [0.717, 1.165) is 12.8 Å². The lowest BCUT2D eigenvalue weighted by molar-refractivity contribution is -0.166. The molecule has 0 heterocycles. The minimum atomic E-state index is -0.428. The average Bonchev–Trinajstić information content (AvgIpc) is 3.05. The number of rotatable bonds is 5. The Bertz CT molecular complexity index is 549. The van der Waals surface area contributed by atoms with Crippen LogP contribution in [-0.2, 0) is 19.1 Å². The summed E-state index contributed by atoms with van der Waals surface area (Å²) < 4.78 is 11.2. The Hall–Kier alpha value is -1.32. The lowest BCUT2D eigenvalue weighted by Crippen LogP contribution is -2.41. The number of esters is 2. The fraction of sp³-hybridized carbons (Fsp3) is 0.810. The normalized spacial score (nSPS) is 31.2. The highest BCUT2D eigenvalue weighted by Gasteiger charge is 2.60. The van der Waals surface area contributed by atoms with Crippen LogP contribution in [0.5, 0.6) is 0 Å². The summed E-state index contributed by atoms with van der Waals surface area (Å²) in [5, 5.41) is 0. The van der Waals surface area contributed by atoms with E-state index in [4.69, 9.17) is 9.47 Å². The SMILES string of the molecule is CCC12C=CC(C1)C(C(=O)OCC(C)(C)C)C2C(=O)OCC(C)(C)C. The highest BCUT2D eigenvalue weighted by Crippen LogP contribution is 2.59. The maximum atomic E-state index is 12.9. The number of carbonyl (C=O) groups is 2. The Morgan fingerprint density at radius 3 is 2.00 bits per heavy atom. The zero-order chi connectivity index (χ0) is 19.0. The van der Waals surface area contributed by atoms with Gasteiger partial charge in [0.2, 0.25) is 0 Å². The molecule has 25 heavy (non-hydrogen) atoms. The third-order valence-electron chi connectivity index (χ3n) is 5.21. The molecule has 0 spiro atoms. The van der Waals surface area contributed by atoms with Crippen LogP contribution in [0.3, 0.4) is 0 Å². The van der Waals surface area contributed by atoms with Crippen molar-refractivity contribution in [1.82, 2.24) is 0 Å². The predicted octanol–water partition coefficient (Wildman–Crippen LogP) is 4.38. The van der Waals surface area contributed by atoms with E-state index in [2.05, 4.69) is 19.1 Å². The Balaban J connectivity index is 2.18. The van der Waals surface area contributed by atoms with Crippen molar-refractivity contribution >= 4 is 11.9 Å². The fourth-order valence-electron chi connectivity index (χ4n) is 3.91. The standard InChI is InChI=1S/C21H34O4/c1-8-21-10-9-14(11-21)15(17(22)24-12-19(2,3)4)16(21)18(23)25-13-20(5,6)7/h9-10,14-16H,8,11-13H2,1-7H3. The number of ether oxygens (including phenoxy) is 2. The molecule has 4 heteroatoms. The highest BCUT2D eigenvalue weighted by molar-refractivity contribution is 5.85. The number of allylic oxidation sites excluding steroid dienone is 2. The maximum absolute atomic E-state index is 12.9. The van der Waals surface area contributed by atoms with Crippen LogP contribution in [0.25, 0.3) is 0 Å². The molecular formula is C21H34O4. The first-order chi connectivity index (χ1) is 11.4. The van der Waals surface area contributed by atoms with Crippen LogP contribution in [0.1, 0.15) is 61.3 Å². The lowest BCUT2D eigenvalue weighted by atomic mass is 9.72. The minimum Gasteiger partial charge on any atom is -0.465 e. The van der Waals surface area contributed by atoms with E-state index in [1.54, 1.807) is 0 Å². The van der Waals surface area contributed by atoms with Gasteiger partial charge < -0.3 is 9.47 Å². The monoisotopic (exact) mass is 350 g/mol. The topological polar surface area (TPSA) is 52.6 Å². The van der Waals surface area contributed by atoms with Crippen molar-refractivity contribution in [2.24, 2.45) is 34.0 Å². The van der Waals surface area contributed by atoms with Crippen LogP contribution in [-0.4, -0.2) is 25.2 Å². The molecule has 1 saturated carbocycles. The minimum absolute atomic E-state index is 0.0830. The lowest BCUT2D eigenvalue weighted by Gasteiger charge is -2.34. The molecule has 0 aromatic rings. The quantitative estimate of drug-likeness (QED) is 0.545. The molecule has 0 aromatic heterocycles. The number of carbonyl (C=O) groups excluding carboxylic acids is 2. The Morgan fingerprint density at radius 2 is 1.52 bits per heavy atom. The zero-order valence-electron chi connectivity index (χ0n) is 16.8. The van der Waals surface area contributed by atoms with Gasteiger partial charge in [-0.05, 0) is 29.6 Å². The van der Waals surface area contributed by atoms with Crippen molar-refractivity contribution in [2.45, 2.75) is 61.3 Å².